The van der Waals surface area contributed by atoms with Crippen molar-refractivity contribution < 1.29 is 23.0 Å². The molecular formula is C13H19NO5S. The number of benzene rings is 1. The second-order valence-corrected chi connectivity index (χ2v) is 6.48. The van der Waals surface area contributed by atoms with E-state index in [-0.39, 0.29) is 35.0 Å². The maximum Gasteiger partial charge on any atom is 0.248 e. The maximum atomic E-state index is 12.5. The summed E-state index contributed by atoms with van der Waals surface area (Å²) in [5.41, 5.74) is 0. The highest BCUT2D eigenvalue weighted by molar-refractivity contribution is 7.89. The minimum atomic E-state index is -3.72. The molecule has 1 aromatic rings. The van der Waals surface area contributed by atoms with Crippen molar-refractivity contribution in [3.63, 3.8) is 0 Å². The van der Waals surface area contributed by atoms with E-state index in [0.717, 1.165) is 0 Å². The Kier molecular flexibility index (Phi) is 4.52. The lowest BCUT2D eigenvalue weighted by Crippen LogP contribution is -2.45. The minimum absolute atomic E-state index is 0.0115. The molecule has 0 amide bonds. The zero-order chi connectivity index (χ0) is 14.8. The molecule has 7 heteroatoms. The van der Waals surface area contributed by atoms with Crippen LogP contribution in [0.3, 0.4) is 0 Å². The quantitative estimate of drug-likeness (QED) is 0.810. The van der Waals surface area contributed by atoms with Crippen LogP contribution in [-0.4, -0.2) is 40.4 Å². The third-order valence-electron chi connectivity index (χ3n) is 3.47. The molecule has 1 aromatic carbocycles. The molecule has 0 bridgehead atoms. The molecule has 2 rings (SSSR count). The second kappa shape index (κ2) is 5.99. The molecule has 0 radical (unpaired) electrons. The van der Waals surface area contributed by atoms with Crippen molar-refractivity contribution in [3.8, 4) is 11.5 Å². The Bertz CT molecular complexity index is 544. The van der Waals surface area contributed by atoms with E-state index in [1.54, 1.807) is 18.2 Å². The molecular weight excluding hydrogens is 282 g/mol. The number of hydrogen-bond donors (Lipinski definition) is 2. The monoisotopic (exact) mass is 301 g/mol. The van der Waals surface area contributed by atoms with Gasteiger partial charge in [0.2, 0.25) is 10.0 Å². The number of methoxy groups -OCH3 is 2. The smallest absolute Gasteiger partial charge is 0.248 e. The molecule has 0 unspecified atom stereocenters. The van der Waals surface area contributed by atoms with Crippen LogP contribution < -0.4 is 14.2 Å². The third kappa shape index (κ3) is 2.89. The Hall–Kier alpha value is -1.31. The Morgan fingerprint density at radius 3 is 2.25 bits per heavy atom. The summed E-state index contributed by atoms with van der Waals surface area (Å²) in [4.78, 5) is 0.0115. The van der Waals surface area contributed by atoms with Crippen LogP contribution in [0.15, 0.2) is 23.1 Å². The maximum absolute atomic E-state index is 12.5. The first kappa shape index (κ1) is 15.1. The van der Waals surface area contributed by atoms with Gasteiger partial charge in [0.25, 0.3) is 0 Å². The van der Waals surface area contributed by atoms with E-state index >= 15 is 0 Å². The van der Waals surface area contributed by atoms with E-state index in [1.807, 2.05) is 0 Å². The molecule has 0 atom stereocenters. The van der Waals surface area contributed by atoms with Gasteiger partial charge < -0.3 is 14.6 Å². The zero-order valence-corrected chi connectivity index (χ0v) is 12.3. The van der Waals surface area contributed by atoms with Gasteiger partial charge in [0.05, 0.1) is 14.2 Å². The molecule has 0 saturated heterocycles. The first-order valence-corrected chi connectivity index (χ1v) is 7.84. The highest BCUT2D eigenvalue weighted by Crippen LogP contribution is 2.35. The average molecular weight is 301 g/mol. The van der Waals surface area contributed by atoms with Crippen molar-refractivity contribution in [3.05, 3.63) is 18.2 Å². The normalized spacial score (nSPS) is 22.1. The molecule has 2 N–H and O–H groups in total. The number of sulfonamides is 1. The van der Waals surface area contributed by atoms with Crippen LogP contribution in [0.5, 0.6) is 11.5 Å². The fourth-order valence-electron chi connectivity index (χ4n) is 2.34. The highest BCUT2D eigenvalue weighted by Gasteiger charge is 2.34. The van der Waals surface area contributed by atoms with Crippen LogP contribution >= 0.6 is 0 Å². The molecule has 0 heterocycles. The summed E-state index contributed by atoms with van der Waals surface area (Å²) in [6.07, 6.45) is 1.29. The fourth-order valence-corrected chi connectivity index (χ4v) is 3.92. The van der Waals surface area contributed by atoms with Crippen molar-refractivity contribution in [2.75, 3.05) is 20.8 Å². The lowest BCUT2D eigenvalue weighted by molar-refractivity contribution is 0.137. The molecule has 0 spiro atoms. The van der Waals surface area contributed by atoms with Gasteiger partial charge >= 0.3 is 0 Å². The Morgan fingerprint density at radius 2 is 1.80 bits per heavy atom. The molecule has 0 aromatic heterocycles. The number of rotatable bonds is 6. The number of nitrogens with one attached hydrogen (secondary N) is 1. The molecule has 1 saturated carbocycles. The van der Waals surface area contributed by atoms with Gasteiger partial charge in [-0.15, -0.1) is 0 Å². The number of hydrogen-bond acceptors (Lipinski definition) is 5. The largest absolute Gasteiger partial charge is 0.495 e. The molecule has 1 aliphatic carbocycles. The van der Waals surface area contributed by atoms with Crippen molar-refractivity contribution in [2.45, 2.75) is 23.8 Å². The van der Waals surface area contributed by atoms with Crippen molar-refractivity contribution in [1.82, 2.24) is 4.72 Å². The number of ether oxygens (including phenoxy) is 2. The second-order valence-electron chi connectivity index (χ2n) is 4.83. The summed E-state index contributed by atoms with van der Waals surface area (Å²) in [6, 6.07) is 4.68. The van der Waals surface area contributed by atoms with Gasteiger partial charge in [0.1, 0.15) is 11.5 Å². The average Bonchev–Trinajstić information content (AvgIpc) is 2.41. The Balaban J connectivity index is 2.25. The summed E-state index contributed by atoms with van der Waals surface area (Å²) < 4.78 is 37.8. The molecule has 1 aliphatic rings. The van der Waals surface area contributed by atoms with Gasteiger partial charge in [0, 0.05) is 12.6 Å². The van der Waals surface area contributed by atoms with Crippen LogP contribution in [-0.2, 0) is 10.0 Å². The zero-order valence-electron chi connectivity index (χ0n) is 11.5. The Labute approximate surface area is 118 Å². The van der Waals surface area contributed by atoms with E-state index in [4.69, 9.17) is 14.6 Å². The first-order valence-electron chi connectivity index (χ1n) is 6.36. The van der Waals surface area contributed by atoms with Crippen LogP contribution in [0.4, 0.5) is 0 Å². The van der Waals surface area contributed by atoms with Crippen LogP contribution in [0.2, 0.25) is 0 Å². The molecule has 0 aliphatic heterocycles. The number of aliphatic hydroxyl groups excluding tert-OH is 1. The van der Waals surface area contributed by atoms with E-state index < -0.39 is 10.0 Å². The third-order valence-corrected chi connectivity index (χ3v) is 5.05. The SMILES string of the molecule is COc1cccc(OC)c1S(=O)(=O)NC1CC(CO)C1. The van der Waals surface area contributed by atoms with Crippen LogP contribution in [0.1, 0.15) is 12.8 Å². The summed E-state index contributed by atoms with van der Waals surface area (Å²) in [6.45, 7) is 0.0935. The van der Waals surface area contributed by atoms with Crippen LogP contribution in [0, 0.1) is 5.92 Å². The van der Waals surface area contributed by atoms with Crippen molar-refractivity contribution >= 4 is 10.0 Å². The van der Waals surface area contributed by atoms with E-state index in [2.05, 4.69) is 4.72 Å². The topological polar surface area (TPSA) is 84.9 Å². The predicted octanol–water partition coefficient (Wildman–Crippen LogP) is 0.753. The van der Waals surface area contributed by atoms with Gasteiger partial charge in [-0.05, 0) is 30.9 Å². The summed E-state index contributed by atoms with van der Waals surface area (Å²) in [5, 5.41) is 8.97. The lowest BCUT2D eigenvalue weighted by atomic mass is 9.82. The highest BCUT2D eigenvalue weighted by atomic mass is 32.2. The summed E-state index contributed by atoms with van der Waals surface area (Å²) >= 11 is 0. The predicted molar refractivity (Wildman–Crippen MR) is 73.5 cm³/mol. The van der Waals surface area contributed by atoms with Gasteiger partial charge in [0.15, 0.2) is 4.90 Å². The summed E-state index contributed by atoms with van der Waals surface area (Å²) in [7, 11) is -0.888. The van der Waals surface area contributed by atoms with Crippen molar-refractivity contribution in [2.24, 2.45) is 5.92 Å². The van der Waals surface area contributed by atoms with Crippen molar-refractivity contribution in [1.29, 1.82) is 0 Å². The minimum Gasteiger partial charge on any atom is -0.495 e. The fraction of sp³-hybridized carbons (Fsp3) is 0.538. The molecule has 20 heavy (non-hydrogen) atoms. The number of aliphatic hydroxyl groups is 1. The molecule has 6 nitrogen and oxygen atoms in total. The van der Waals surface area contributed by atoms with Crippen LogP contribution in [0.25, 0.3) is 0 Å². The van der Waals surface area contributed by atoms with E-state index in [9.17, 15) is 8.42 Å². The van der Waals surface area contributed by atoms with Gasteiger partial charge in [-0.1, -0.05) is 6.07 Å². The van der Waals surface area contributed by atoms with Gasteiger partial charge in [-0.3, -0.25) is 0 Å². The Morgan fingerprint density at radius 1 is 1.25 bits per heavy atom. The standard InChI is InChI=1S/C13H19NO5S/c1-18-11-4-3-5-12(19-2)13(11)20(16,17)14-10-6-9(7-10)8-15/h3-5,9-10,14-15H,6-8H2,1-2H3. The summed E-state index contributed by atoms with van der Waals surface area (Å²) in [5.74, 6) is 0.673. The first-order chi connectivity index (χ1) is 9.51. The molecule has 112 valence electrons. The van der Waals surface area contributed by atoms with E-state index in [0.29, 0.717) is 12.8 Å². The molecule has 1 fully saturated rings. The van der Waals surface area contributed by atoms with Gasteiger partial charge in [-0.2, -0.15) is 0 Å². The van der Waals surface area contributed by atoms with E-state index in [1.165, 1.54) is 14.2 Å². The lowest BCUT2D eigenvalue weighted by Gasteiger charge is -2.34. The van der Waals surface area contributed by atoms with Gasteiger partial charge in [-0.25, -0.2) is 13.1 Å².